The fourth-order valence-electron chi connectivity index (χ4n) is 3.47. The average molecular weight is 433 g/mol. The Hall–Kier alpha value is -2.04. The molecule has 1 aliphatic heterocycles. The number of nitrogens with zero attached hydrogens (tertiary/aromatic N) is 1. The van der Waals surface area contributed by atoms with Gasteiger partial charge in [-0.25, -0.2) is 0 Å². The minimum absolute atomic E-state index is 0.0159. The van der Waals surface area contributed by atoms with Gasteiger partial charge in [0, 0.05) is 29.6 Å². The molecule has 0 aliphatic carbocycles. The van der Waals surface area contributed by atoms with Crippen LogP contribution in [0.4, 0.5) is 5.69 Å². The minimum atomic E-state index is -0.155. The maximum atomic E-state index is 12.8. The molecule has 2 aromatic rings. The summed E-state index contributed by atoms with van der Waals surface area (Å²) in [5.41, 5.74) is 2.46. The quantitative estimate of drug-likeness (QED) is 0.667. The first kappa shape index (κ1) is 21.7. The van der Waals surface area contributed by atoms with E-state index < -0.39 is 0 Å². The van der Waals surface area contributed by atoms with Crippen molar-refractivity contribution in [1.29, 1.82) is 0 Å². The number of hydrogen-bond acceptors (Lipinski definition) is 2. The van der Waals surface area contributed by atoms with Crippen molar-refractivity contribution in [3.63, 3.8) is 0 Å². The number of likely N-dealkylation sites (tertiary alicyclic amines) is 1. The normalized spacial score (nSPS) is 15.3. The van der Waals surface area contributed by atoms with Gasteiger partial charge in [0.1, 0.15) is 0 Å². The van der Waals surface area contributed by atoms with Gasteiger partial charge in [-0.3, -0.25) is 9.59 Å². The third-order valence-corrected chi connectivity index (χ3v) is 5.90. The summed E-state index contributed by atoms with van der Waals surface area (Å²) in [5, 5.41) is 3.83. The Bertz CT molecular complexity index is 896. The number of hydrogen-bond donors (Lipinski definition) is 1. The molecule has 1 fully saturated rings. The monoisotopic (exact) mass is 432 g/mol. The van der Waals surface area contributed by atoms with Gasteiger partial charge in [-0.1, -0.05) is 56.1 Å². The van der Waals surface area contributed by atoms with Crippen LogP contribution in [0.3, 0.4) is 0 Å². The first-order valence-corrected chi connectivity index (χ1v) is 10.6. The zero-order valence-electron chi connectivity index (χ0n) is 17.0. The fourth-order valence-corrected chi connectivity index (χ4v) is 3.81. The van der Waals surface area contributed by atoms with Gasteiger partial charge in [0.15, 0.2) is 0 Å². The summed E-state index contributed by atoms with van der Waals surface area (Å²) in [5.74, 6) is -0.227. The van der Waals surface area contributed by atoms with Gasteiger partial charge in [-0.15, -0.1) is 0 Å². The number of benzene rings is 2. The Balaban J connectivity index is 1.57. The van der Waals surface area contributed by atoms with Gasteiger partial charge in [-0.2, -0.15) is 0 Å². The highest BCUT2D eigenvalue weighted by Crippen LogP contribution is 2.28. The van der Waals surface area contributed by atoms with Crippen LogP contribution in [-0.2, 0) is 10.2 Å². The molecule has 3 rings (SSSR count). The summed E-state index contributed by atoms with van der Waals surface area (Å²) in [6.07, 6.45) is 1.24. The van der Waals surface area contributed by atoms with Gasteiger partial charge in [0.25, 0.3) is 5.91 Å². The molecule has 0 aromatic heterocycles. The van der Waals surface area contributed by atoms with Gasteiger partial charge in [0.2, 0.25) is 5.91 Å². The molecule has 4 nitrogen and oxygen atoms in total. The number of amides is 2. The van der Waals surface area contributed by atoms with E-state index in [1.807, 2.05) is 29.2 Å². The van der Waals surface area contributed by atoms with Crippen LogP contribution in [-0.4, -0.2) is 29.8 Å². The summed E-state index contributed by atoms with van der Waals surface area (Å²) in [4.78, 5) is 27.2. The zero-order chi connectivity index (χ0) is 21.2. The van der Waals surface area contributed by atoms with Crippen LogP contribution >= 0.6 is 23.2 Å². The second-order valence-corrected chi connectivity index (χ2v) is 9.35. The summed E-state index contributed by atoms with van der Waals surface area (Å²) in [7, 11) is 0. The third-order valence-electron chi connectivity index (χ3n) is 5.34. The molecule has 6 heteroatoms. The topological polar surface area (TPSA) is 49.4 Å². The lowest BCUT2D eigenvalue weighted by atomic mass is 9.86. The van der Waals surface area contributed by atoms with Crippen molar-refractivity contribution >= 4 is 40.7 Å². The number of carbonyl (C=O) groups excluding carboxylic acids is 2. The van der Waals surface area contributed by atoms with E-state index in [0.717, 1.165) is 0 Å². The molecule has 1 aliphatic rings. The molecule has 2 aromatic carbocycles. The Kier molecular flexibility index (Phi) is 6.55. The van der Waals surface area contributed by atoms with E-state index in [9.17, 15) is 9.59 Å². The second-order valence-electron chi connectivity index (χ2n) is 8.51. The molecular weight excluding hydrogens is 407 g/mol. The predicted molar refractivity (Wildman–Crippen MR) is 119 cm³/mol. The lowest BCUT2D eigenvalue weighted by molar-refractivity contribution is -0.121. The summed E-state index contributed by atoms with van der Waals surface area (Å²) in [6.45, 7) is 7.56. The molecule has 1 saturated heterocycles. The molecule has 2 amide bonds. The second kappa shape index (κ2) is 8.76. The predicted octanol–water partition coefficient (Wildman–Crippen LogP) is 5.78. The highest BCUT2D eigenvalue weighted by Gasteiger charge is 2.28. The molecule has 0 saturated carbocycles. The molecule has 0 atom stereocenters. The standard InChI is InChI=1S/C23H26Cl2N2O2/c1-23(2,3)17-6-4-16(5-7-17)22(29)27-12-10-15(11-13-27)21(28)26-20-14-18(24)8-9-19(20)25/h4-9,14-15H,10-13H2,1-3H3,(H,26,28). The molecule has 1 N–H and O–H groups in total. The van der Waals surface area contributed by atoms with Crippen LogP contribution in [0.5, 0.6) is 0 Å². The minimum Gasteiger partial charge on any atom is -0.339 e. The Morgan fingerprint density at radius 3 is 2.21 bits per heavy atom. The van der Waals surface area contributed by atoms with E-state index in [0.29, 0.717) is 47.2 Å². The van der Waals surface area contributed by atoms with E-state index in [2.05, 4.69) is 26.1 Å². The van der Waals surface area contributed by atoms with Crippen molar-refractivity contribution < 1.29 is 9.59 Å². The molecule has 154 valence electrons. The molecular formula is C23H26Cl2N2O2. The highest BCUT2D eigenvalue weighted by molar-refractivity contribution is 6.35. The SMILES string of the molecule is CC(C)(C)c1ccc(C(=O)N2CCC(C(=O)Nc3cc(Cl)ccc3Cl)CC2)cc1. The Morgan fingerprint density at radius 1 is 1.00 bits per heavy atom. The van der Waals surface area contributed by atoms with Crippen LogP contribution in [0.15, 0.2) is 42.5 Å². The molecule has 0 spiro atoms. The molecule has 29 heavy (non-hydrogen) atoms. The van der Waals surface area contributed by atoms with Crippen LogP contribution in [0.25, 0.3) is 0 Å². The molecule has 1 heterocycles. The van der Waals surface area contributed by atoms with Gasteiger partial charge in [-0.05, 0) is 54.2 Å². The van der Waals surface area contributed by atoms with Gasteiger partial charge < -0.3 is 10.2 Å². The van der Waals surface area contributed by atoms with E-state index in [1.54, 1.807) is 18.2 Å². The van der Waals surface area contributed by atoms with Crippen molar-refractivity contribution in [3.05, 3.63) is 63.6 Å². The average Bonchev–Trinajstić information content (AvgIpc) is 2.69. The molecule has 0 bridgehead atoms. The first-order chi connectivity index (χ1) is 13.6. The van der Waals surface area contributed by atoms with E-state index in [-0.39, 0.29) is 23.1 Å². The summed E-state index contributed by atoms with van der Waals surface area (Å²) in [6, 6.07) is 12.8. The largest absolute Gasteiger partial charge is 0.339 e. The van der Waals surface area contributed by atoms with Crippen molar-refractivity contribution in [2.75, 3.05) is 18.4 Å². The number of rotatable bonds is 3. The van der Waals surface area contributed by atoms with Crippen molar-refractivity contribution in [2.24, 2.45) is 5.92 Å². The number of nitrogens with one attached hydrogen (secondary N) is 1. The summed E-state index contributed by atoms with van der Waals surface area (Å²) < 4.78 is 0. The van der Waals surface area contributed by atoms with E-state index in [1.165, 1.54) is 5.56 Å². The van der Waals surface area contributed by atoms with Crippen LogP contribution < -0.4 is 5.32 Å². The van der Waals surface area contributed by atoms with Crippen molar-refractivity contribution in [1.82, 2.24) is 4.90 Å². The highest BCUT2D eigenvalue weighted by atomic mass is 35.5. The number of halogens is 2. The van der Waals surface area contributed by atoms with Gasteiger partial charge in [0.05, 0.1) is 10.7 Å². The smallest absolute Gasteiger partial charge is 0.253 e. The third kappa shape index (κ3) is 5.31. The van der Waals surface area contributed by atoms with E-state index >= 15 is 0 Å². The fraction of sp³-hybridized carbons (Fsp3) is 0.391. The molecule has 0 unspecified atom stereocenters. The first-order valence-electron chi connectivity index (χ1n) is 9.81. The van der Waals surface area contributed by atoms with Crippen molar-refractivity contribution in [3.8, 4) is 0 Å². The lowest BCUT2D eigenvalue weighted by Gasteiger charge is -2.31. The van der Waals surface area contributed by atoms with Crippen LogP contribution in [0, 0.1) is 5.92 Å². The Labute approximate surface area is 182 Å². The zero-order valence-corrected chi connectivity index (χ0v) is 18.5. The maximum absolute atomic E-state index is 12.8. The number of anilines is 1. The maximum Gasteiger partial charge on any atom is 0.253 e. The van der Waals surface area contributed by atoms with E-state index in [4.69, 9.17) is 23.2 Å². The molecule has 0 radical (unpaired) electrons. The van der Waals surface area contributed by atoms with Crippen molar-refractivity contribution in [2.45, 2.75) is 39.0 Å². The lowest BCUT2D eigenvalue weighted by Crippen LogP contribution is -2.41. The van der Waals surface area contributed by atoms with Crippen LogP contribution in [0.1, 0.15) is 49.5 Å². The summed E-state index contributed by atoms with van der Waals surface area (Å²) >= 11 is 12.1. The van der Waals surface area contributed by atoms with Crippen LogP contribution in [0.2, 0.25) is 10.0 Å². The van der Waals surface area contributed by atoms with Gasteiger partial charge >= 0.3 is 0 Å². The number of piperidine rings is 1. The Morgan fingerprint density at radius 2 is 1.62 bits per heavy atom. The number of carbonyl (C=O) groups is 2.